The number of allylic oxidation sites excluding steroid dienone is 4. The van der Waals surface area contributed by atoms with E-state index in [-0.39, 0.29) is 21.7 Å². The maximum absolute atomic E-state index is 9.25. The third kappa shape index (κ3) is 15.8. The molecule has 3 N–H and O–H groups in total. The van der Waals surface area contributed by atoms with Crippen molar-refractivity contribution in [1.82, 2.24) is 0 Å². The van der Waals surface area contributed by atoms with Crippen LogP contribution >= 0.6 is 0 Å². The fourth-order valence-corrected chi connectivity index (χ4v) is 2.33. The Morgan fingerprint density at radius 3 is 1.56 bits per heavy atom. The molecule has 1 unspecified atom stereocenters. The summed E-state index contributed by atoms with van der Waals surface area (Å²) in [4.78, 5) is 27.8. The Morgan fingerprint density at radius 2 is 1.26 bits per heavy atom. The summed E-state index contributed by atoms with van der Waals surface area (Å²) in [5, 5.41) is 22.8. The van der Waals surface area contributed by atoms with E-state index in [2.05, 4.69) is 39.7 Å². The SMILES string of the molecule is C=CC(=O)O.C=CC(=O)O.C=CC(=O)O.CC1=[C-]C(C)C2=C1CCCC2.[Ti]. The Morgan fingerprint density at radius 1 is 0.926 bits per heavy atom. The standard InChI is InChI=1S/C11H15.3C3H4O2.Ti/c1-8-7-9(2)11-6-4-3-5-10(8)11;3*1-2-3(4)5;/h8H,3-6H2,1-2H3;3*2H,1H2,(H,4,5);/q-1;;;;. The van der Waals surface area contributed by atoms with Crippen LogP contribution in [0.1, 0.15) is 39.5 Å². The monoisotopic (exact) mass is 411 g/mol. The van der Waals surface area contributed by atoms with Gasteiger partial charge in [0, 0.05) is 39.9 Å². The van der Waals surface area contributed by atoms with E-state index in [1.165, 1.54) is 31.3 Å². The van der Waals surface area contributed by atoms with Crippen LogP contribution < -0.4 is 0 Å². The molecular formula is C20H27O6Ti-. The van der Waals surface area contributed by atoms with Gasteiger partial charge in [0.2, 0.25) is 0 Å². The first kappa shape index (κ1) is 29.6. The molecule has 0 aromatic rings. The largest absolute Gasteiger partial charge is 0.478 e. The van der Waals surface area contributed by atoms with E-state index in [0.29, 0.717) is 5.92 Å². The third-order valence-corrected chi connectivity index (χ3v) is 3.44. The molecule has 0 saturated heterocycles. The van der Waals surface area contributed by atoms with E-state index >= 15 is 0 Å². The van der Waals surface area contributed by atoms with Gasteiger partial charge in [-0.25, -0.2) is 20.0 Å². The summed E-state index contributed by atoms with van der Waals surface area (Å²) in [6.45, 7) is 13.4. The van der Waals surface area contributed by atoms with E-state index in [1.54, 1.807) is 11.1 Å². The summed E-state index contributed by atoms with van der Waals surface area (Å²) in [5.41, 5.74) is 4.77. The van der Waals surface area contributed by atoms with Crippen molar-refractivity contribution < 1.29 is 51.4 Å². The van der Waals surface area contributed by atoms with Crippen LogP contribution in [0.15, 0.2) is 54.7 Å². The van der Waals surface area contributed by atoms with E-state index in [9.17, 15) is 14.4 Å². The third-order valence-electron chi connectivity index (χ3n) is 3.44. The smallest absolute Gasteiger partial charge is 0.327 e. The molecule has 1 atom stereocenters. The van der Waals surface area contributed by atoms with Crippen molar-refractivity contribution in [2.45, 2.75) is 39.5 Å². The van der Waals surface area contributed by atoms with Gasteiger partial charge in [-0.15, -0.1) is 0 Å². The average Bonchev–Trinajstić information content (AvgIpc) is 2.91. The molecule has 0 bridgehead atoms. The Hall–Kier alpha value is -2.18. The molecule has 2 aliphatic carbocycles. The molecule has 0 heterocycles. The Bertz CT molecular complexity index is 559. The zero-order valence-corrected chi connectivity index (χ0v) is 17.4. The van der Waals surface area contributed by atoms with Crippen molar-refractivity contribution in [2.24, 2.45) is 5.92 Å². The predicted molar refractivity (Wildman–Crippen MR) is 101 cm³/mol. The second kappa shape index (κ2) is 17.2. The maximum Gasteiger partial charge on any atom is 0.327 e. The molecule has 27 heavy (non-hydrogen) atoms. The minimum Gasteiger partial charge on any atom is -0.478 e. The van der Waals surface area contributed by atoms with Gasteiger partial charge in [-0.3, -0.25) is 6.08 Å². The van der Waals surface area contributed by atoms with Crippen molar-refractivity contribution >= 4 is 17.9 Å². The summed E-state index contributed by atoms with van der Waals surface area (Å²) >= 11 is 0. The van der Waals surface area contributed by atoms with Crippen LogP contribution in [0.5, 0.6) is 0 Å². The number of rotatable bonds is 3. The first-order valence-corrected chi connectivity index (χ1v) is 7.99. The van der Waals surface area contributed by atoms with E-state index in [1.807, 2.05) is 0 Å². The minimum absolute atomic E-state index is 0. The number of hydrogen-bond donors (Lipinski definition) is 3. The average molecular weight is 411 g/mol. The van der Waals surface area contributed by atoms with Gasteiger partial charge in [0.05, 0.1) is 0 Å². The van der Waals surface area contributed by atoms with Crippen LogP contribution in [-0.4, -0.2) is 33.2 Å². The fourth-order valence-electron chi connectivity index (χ4n) is 2.33. The normalized spacial score (nSPS) is 15.9. The van der Waals surface area contributed by atoms with E-state index < -0.39 is 17.9 Å². The topological polar surface area (TPSA) is 112 Å². The quantitative estimate of drug-likeness (QED) is 0.367. The molecule has 2 rings (SSSR count). The summed E-state index contributed by atoms with van der Waals surface area (Å²) < 4.78 is 0. The molecule has 0 amide bonds. The van der Waals surface area contributed by atoms with Gasteiger partial charge < -0.3 is 15.3 Å². The zero-order chi connectivity index (χ0) is 20.7. The van der Waals surface area contributed by atoms with Gasteiger partial charge in [0.1, 0.15) is 0 Å². The van der Waals surface area contributed by atoms with Crippen molar-refractivity contribution in [3.8, 4) is 0 Å². The molecule has 6 nitrogen and oxygen atoms in total. The number of carboxylic acids is 3. The molecule has 0 radical (unpaired) electrons. The van der Waals surface area contributed by atoms with Crippen LogP contribution in [0.25, 0.3) is 0 Å². The van der Waals surface area contributed by atoms with Gasteiger partial charge in [-0.1, -0.05) is 58.8 Å². The van der Waals surface area contributed by atoms with Crippen LogP contribution in [-0.2, 0) is 36.1 Å². The van der Waals surface area contributed by atoms with Gasteiger partial charge in [0.15, 0.2) is 0 Å². The summed E-state index contributed by atoms with van der Waals surface area (Å²) in [6, 6.07) is 0. The van der Waals surface area contributed by atoms with Crippen molar-refractivity contribution in [3.05, 3.63) is 60.8 Å². The van der Waals surface area contributed by atoms with E-state index in [0.717, 1.165) is 18.2 Å². The molecule has 2 aliphatic rings. The second-order valence-corrected chi connectivity index (χ2v) is 5.33. The van der Waals surface area contributed by atoms with Crippen LogP contribution in [0.3, 0.4) is 0 Å². The van der Waals surface area contributed by atoms with Crippen LogP contribution in [0.4, 0.5) is 0 Å². The second-order valence-electron chi connectivity index (χ2n) is 5.33. The number of aliphatic carboxylic acids is 3. The summed E-state index contributed by atoms with van der Waals surface area (Å²) in [5.74, 6) is -2.31. The number of carbonyl (C=O) groups is 3. The minimum atomic E-state index is -0.981. The van der Waals surface area contributed by atoms with Gasteiger partial charge >= 0.3 is 17.9 Å². The van der Waals surface area contributed by atoms with Crippen LogP contribution in [0, 0.1) is 12.0 Å². The van der Waals surface area contributed by atoms with Crippen molar-refractivity contribution in [3.63, 3.8) is 0 Å². The molecular weight excluding hydrogens is 384 g/mol. The molecule has 0 fully saturated rings. The Kier molecular flexibility index (Phi) is 18.9. The predicted octanol–water partition coefficient (Wildman–Crippen LogP) is 4.02. The Balaban J connectivity index is -0.000000311. The zero-order valence-electron chi connectivity index (χ0n) is 15.8. The number of carboxylic acid groups (broad SMARTS) is 3. The first-order valence-electron chi connectivity index (χ1n) is 7.99. The van der Waals surface area contributed by atoms with Crippen molar-refractivity contribution in [1.29, 1.82) is 0 Å². The van der Waals surface area contributed by atoms with Gasteiger partial charge in [-0.05, 0) is 6.42 Å². The molecule has 0 spiro atoms. The fraction of sp³-hybridized carbons (Fsp3) is 0.350. The molecule has 0 saturated carbocycles. The summed E-state index contributed by atoms with van der Waals surface area (Å²) in [6.07, 6.45) is 11.4. The molecule has 0 aliphatic heterocycles. The molecule has 148 valence electrons. The number of hydrogen-bond acceptors (Lipinski definition) is 3. The maximum atomic E-state index is 9.25. The van der Waals surface area contributed by atoms with E-state index in [4.69, 9.17) is 15.3 Å². The van der Waals surface area contributed by atoms with Crippen LogP contribution in [0.2, 0.25) is 0 Å². The molecule has 7 heteroatoms. The Labute approximate surface area is 175 Å². The van der Waals surface area contributed by atoms with Crippen molar-refractivity contribution in [2.75, 3.05) is 0 Å². The molecule has 0 aromatic heterocycles. The first-order chi connectivity index (χ1) is 12.1. The summed E-state index contributed by atoms with van der Waals surface area (Å²) in [7, 11) is 0. The van der Waals surface area contributed by atoms with Gasteiger partial charge in [0.25, 0.3) is 0 Å². The molecule has 0 aromatic carbocycles. The van der Waals surface area contributed by atoms with Gasteiger partial charge in [-0.2, -0.15) is 11.1 Å².